The van der Waals surface area contributed by atoms with Crippen LogP contribution in [0.5, 0.6) is 0 Å². The molecule has 0 bridgehead atoms. The maximum absolute atomic E-state index is 13.1. The van der Waals surface area contributed by atoms with Gasteiger partial charge in [0.05, 0.1) is 5.52 Å². The molecule has 0 atom stereocenters. The third kappa shape index (κ3) is 2.67. The predicted molar refractivity (Wildman–Crippen MR) is 112 cm³/mol. The Morgan fingerprint density at radius 1 is 0.893 bits per heavy atom. The van der Waals surface area contributed by atoms with Gasteiger partial charge in [0.2, 0.25) is 0 Å². The van der Waals surface area contributed by atoms with Gasteiger partial charge in [0.1, 0.15) is 0 Å². The zero-order valence-electron chi connectivity index (χ0n) is 15.0. The van der Waals surface area contributed by atoms with Gasteiger partial charge in [0.25, 0.3) is 5.56 Å². The van der Waals surface area contributed by atoms with Crippen LogP contribution in [0.25, 0.3) is 22.0 Å². The number of hydrogen-bond donors (Lipinski definition) is 0. The minimum Gasteiger partial charge on any atom is -0.308 e. The Morgan fingerprint density at radius 2 is 1.71 bits per heavy atom. The predicted octanol–water partition coefficient (Wildman–Crippen LogP) is 5.11. The summed E-state index contributed by atoms with van der Waals surface area (Å²) in [7, 11) is 0. The largest absolute Gasteiger partial charge is 0.308 e. The van der Waals surface area contributed by atoms with Crippen molar-refractivity contribution in [2.24, 2.45) is 0 Å². The fourth-order valence-corrected chi connectivity index (χ4v) is 4.23. The molecule has 5 rings (SSSR count). The highest BCUT2D eigenvalue weighted by Crippen LogP contribution is 2.34. The van der Waals surface area contributed by atoms with Crippen LogP contribution in [0.2, 0.25) is 5.02 Å². The van der Waals surface area contributed by atoms with Crippen molar-refractivity contribution in [3.05, 3.63) is 105 Å². The number of rotatable bonds is 3. The molecular weight excluding hydrogens is 370 g/mol. The summed E-state index contributed by atoms with van der Waals surface area (Å²) in [6.45, 7) is 0.642. The van der Waals surface area contributed by atoms with E-state index in [1.807, 2.05) is 66.7 Å². The zero-order valence-corrected chi connectivity index (χ0v) is 15.7. The lowest BCUT2D eigenvalue weighted by Gasteiger charge is -2.12. The number of aryl methyl sites for hydroxylation is 2. The van der Waals surface area contributed by atoms with Crippen LogP contribution >= 0.6 is 11.6 Å². The fourth-order valence-electron chi connectivity index (χ4n) is 4.03. The number of carbonyl (C=O) groups excluding carboxylic acids is 1. The first-order valence-corrected chi connectivity index (χ1v) is 9.56. The maximum Gasteiger partial charge on any atom is 0.251 e. The van der Waals surface area contributed by atoms with Gasteiger partial charge in [0.15, 0.2) is 5.78 Å². The molecule has 1 aromatic heterocycles. The SMILES string of the molecule is O=C(c1ccccc1)c1cc2c3c(c1)c(-c1cccc(Cl)c1)cc(=O)n3CC2. The number of hydrogen-bond acceptors (Lipinski definition) is 2. The molecule has 0 saturated carbocycles. The Bertz CT molecular complexity index is 1310. The van der Waals surface area contributed by atoms with Crippen molar-refractivity contribution in [2.75, 3.05) is 0 Å². The van der Waals surface area contributed by atoms with Crippen LogP contribution in [-0.4, -0.2) is 10.4 Å². The summed E-state index contributed by atoms with van der Waals surface area (Å²) in [5, 5.41) is 1.53. The summed E-state index contributed by atoms with van der Waals surface area (Å²) in [4.78, 5) is 25.7. The quantitative estimate of drug-likeness (QED) is 0.460. The fraction of sp³-hybridized carbons (Fsp3) is 0.0833. The second-order valence-corrected chi connectivity index (χ2v) is 7.47. The van der Waals surface area contributed by atoms with E-state index in [4.69, 9.17) is 11.6 Å². The summed E-state index contributed by atoms with van der Waals surface area (Å²) < 4.78 is 1.80. The monoisotopic (exact) mass is 385 g/mol. The van der Waals surface area contributed by atoms with Crippen molar-refractivity contribution in [1.82, 2.24) is 4.57 Å². The lowest BCUT2D eigenvalue weighted by atomic mass is 9.94. The molecule has 0 unspecified atom stereocenters. The van der Waals surface area contributed by atoms with Gasteiger partial charge in [-0.25, -0.2) is 0 Å². The molecule has 0 N–H and O–H groups in total. The molecule has 1 aliphatic rings. The number of pyridine rings is 1. The smallest absolute Gasteiger partial charge is 0.251 e. The van der Waals surface area contributed by atoms with Crippen molar-refractivity contribution in [3.63, 3.8) is 0 Å². The van der Waals surface area contributed by atoms with Crippen LogP contribution in [0, 0.1) is 0 Å². The van der Waals surface area contributed by atoms with Crippen LogP contribution in [0.3, 0.4) is 0 Å². The van der Waals surface area contributed by atoms with Crippen molar-refractivity contribution in [3.8, 4) is 11.1 Å². The molecule has 4 aromatic rings. The highest BCUT2D eigenvalue weighted by atomic mass is 35.5. The van der Waals surface area contributed by atoms with E-state index >= 15 is 0 Å². The molecule has 136 valence electrons. The Hall–Kier alpha value is -3.17. The molecule has 0 radical (unpaired) electrons. The Morgan fingerprint density at radius 3 is 2.50 bits per heavy atom. The number of halogens is 1. The van der Waals surface area contributed by atoms with Gasteiger partial charge >= 0.3 is 0 Å². The van der Waals surface area contributed by atoms with E-state index in [1.54, 1.807) is 10.6 Å². The van der Waals surface area contributed by atoms with Crippen LogP contribution in [0.4, 0.5) is 0 Å². The summed E-state index contributed by atoms with van der Waals surface area (Å²) in [6, 6.07) is 22.2. The minimum absolute atomic E-state index is 0.0135. The average molecular weight is 386 g/mol. The van der Waals surface area contributed by atoms with Gasteiger partial charge < -0.3 is 4.57 Å². The van der Waals surface area contributed by atoms with Gasteiger partial charge in [-0.15, -0.1) is 0 Å². The molecule has 4 heteroatoms. The molecule has 3 nitrogen and oxygen atoms in total. The number of nitrogens with zero attached hydrogens (tertiary/aromatic N) is 1. The first kappa shape index (κ1) is 17.0. The van der Waals surface area contributed by atoms with Crippen molar-refractivity contribution >= 4 is 28.3 Å². The third-order valence-corrected chi connectivity index (χ3v) is 5.56. The van der Waals surface area contributed by atoms with Gasteiger partial charge in [-0.2, -0.15) is 0 Å². The first-order valence-electron chi connectivity index (χ1n) is 9.18. The highest BCUT2D eigenvalue weighted by molar-refractivity contribution is 6.31. The summed E-state index contributed by atoms with van der Waals surface area (Å²) in [5.74, 6) is -0.0135. The van der Waals surface area contributed by atoms with Crippen LogP contribution in [-0.2, 0) is 13.0 Å². The van der Waals surface area contributed by atoms with Crippen LogP contribution in [0.1, 0.15) is 21.5 Å². The lowest BCUT2D eigenvalue weighted by molar-refractivity contribution is 0.103. The van der Waals surface area contributed by atoms with Gasteiger partial charge in [0, 0.05) is 34.1 Å². The molecule has 0 aliphatic carbocycles. The molecule has 0 amide bonds. The molecule has 0 fully saturated rings. The number of aromatic nitrogens is 1. The van der Waals surface area contributed by atoms with Crippen LogP contribution in [0.15, 0.2) is 77.6 Å². The van der Waals surface area contributed by atoms with E-state index < -0.39 is 0 Å². The van der Waals surface area contributed by atoms with E-state index in [9.17, 15) is 9.59 Å². The number of benzene rings is 3. The summed E-state index contributed by atoms with van der Waals surface area (Å²) in [6.07, 6.45) is 0.751. The second-order valence-electron chi connectivity index (χ2n) is 7.03. The third-order valence-electron chi connectivity index (χ3n) is 5.32. The van der Waals surface area contributed by atoms with Gasteiger partial charge in [-0.1, -0.05) is 54.1 Å². The highest BCUT2D eigenvalue weighted by Gasteiger charge is 2.22. The summed E-state index contributed by atoms with van der Waals surface area (Å²) in [5.41, 5.74) is 4.92. The van der Waals surface area contributed by atoms with E-state index in [0.29, 0.717) is 22.7 Å². The summed E-state index contributed by atoms with van der Waals surface area (Å²) >= 11 is 6.18. The molecule has 3 aromatic carbocycles. The van der Waals surface area contributed by atoms with Crippen molar-refractivity contribution in [2.45, 2.75) is 13.0 Å². The molecule has 0 spiro atoms. The van der Waals surface area contributed by atoms with E-state index in [2.05, 4.69) is 0 Å². The molecule has 0 saturated heterocycles. The van der Waals surface area contributed by atoms with E-state index in [-0.39, 0.29) is 11.3 Å². The lowest BCUT2D eigenvalue weighted by Crippen LogP contribution is -2.17. The Kier molecular flexibility index (Phi) is 3.92. The van der Waals surface area contributed by atoms with Gasteiger partial charge in [-0.3, -0.25) is 9.59 Å². The molecule has 28 heavy (non-hydrogen) atoms. The van der Waals surface area contributed by atoms with Crippen molar-refractivity contribution < 1.29 is 4.79 Å². The maximum atomic E-state index is 13.1. The molecular formula is C24H16ClNO2. The molecule has 1 aliphatic heterocycles. The second kappa shape index (κ2) is 6.47. The standard InChI is InChI=1S/C24H16ClNO2/c25-19-8-4-7-16(12-19)20-14-22(27)26-10-9-17-11-18(13-21(20)23(17)26)24(28)15-5-2-1-3-6-15/h1-8,11-14H,9-10H2. The van der Waals surface area contributed by atoms with Crippen molar-refractivity contribution in [1.29, 1.82) is 0 Å². The normalized spacial score (nSPS) is 12.5. The average Bonchev–Trinajstić information content (AvgIpc) is 3.16. The number of carbonyl (C=O) groups is 1. The number of ketones is 1. The van der Waals surface area contributed by atoms with Crippen LogP contribution < -0.4 is 5.56 Å². The van der Waals surface area contributed by atoms with E-state index in [1.165, 1.54) is 0 Å². The first-order chi connectivity index (χ1) is 13.6. The Balaban J connectivity index is 1.80. The molecule has 2 heterocycles. The Labute approximate surface area is 166 Å². The van der Waals surface area contributed by atoms with Gasteiger partial charge in [-0.05, 0) is 47.4 Å². The topological polar surface area (TPSA) is 39.1 Å². The zero-order chi connectivity index (χ0) is 19.3. The van der Waals surface area contributed by atoms with E-state index in [0.717, 1.165) is 34.0 Å². The minimum atomic E-state index is -0.0247.